The van der Waals surface area contributed by atoms with E-state index in [-0.39, 0.29) is 5.91 Å². The Morgan fingerprint density at radius 3 is 2.63 bits per heavy atom. The lowest BCUT2D eigenvalue weighted by Gasteiger charge is -2.35. The number of piperazine rings is 1. The number of nitrogens with zero attached hydrogens (tertiary/aromatic N) is 3. The fourth-order valence-electron chi connectivity index (χ4n) is 3.20. The summed E-state index contributed by atoms with van der Waals surface area (Å²) in [5.74, 6) is 1.77. The van der Waals surface area contributed by atoms with Gasteiger partial charge in [0.15, 0.2) is 11.5 Å². The van der Waals surface area contributed by atoms with Gasteiger partial charge in [-0.1, -0.05) is 30.1 Å². The van der Waals surface area contributed by atoms with Gasteiger partial charge in [0.1, 0.15) is 5.82 Å². The number of rotatable bonds is 7. The second-order valence-corrected chi connectivity index (χ2v) is 7.65. The maximum Gasteiger partial charge on any atom is 0.246 e. The van der Waals surface area contributed by atoms with E-state index in [1.54, 1.807) is 42.5 Å². The number of aromatic nitrogens is 1. The summed E-state index contributed by atoms with van der Waals surface area (Å²) in [6.45, 7) is 5.14. The molecule has 1 aliphatic heterocycles. The second-order valence-electron chi connectivity index (χ2n) is 6.84. The first-order valence-electron chi connectivity index (χ1n) is 9.86. The number of anilines is 1. The molecule has 1 fully saturated rings. The number of hydrogen-bond donors (Lipinski definition) is 0. The summed E-state index contributed by atoms with van der Waals surface area (Å²) >= 11 is 12.6. The van der Waals surface area contributed by atoms with Crippen LogP contribution in [0.1, 0.15) is 18.9 Å². The van der Waals surface area contributed by atoms with Gasteiger partial charge in [0.2, 0.25) is 5.91 Å². The number of ether oxygens (including phenoxy) is 2. The molecule has 0 atom stereocenters. The molecule has 0 bridgehead atoms. The van der Waals surface area contributed by atoms with E-state index < -0.39 is 0 Å². The zero-order valence-electron chi connectivity index (χ0n) is 17.1. The van der Waals surface area contributed by atoms with Crippen molar-refractivity contribution in [3.05, 3.63) is 52.1 Å². The highest BCUT2D eigenvalue weighted by atomic mass is 35.5. The zero-order chi connectivity index (χ0) is 21.5. The van der Waals surface area contributed by atoms with Crippen LogP contribution in [0.25, 0.3) is 6.08 Å². The fourth-order valence-corrected chi connectivity index (χ4v) is 3.72. The standard InChI is InChI=1S/C22H25Cl2N3O3/c1-3-13-30-21-18(24)14-16(15-19(21)29-2)6-7-20(28)26-9-11-27(12-10-26)22-17(23)5-4-8-25-22/h4-8,14-15H,3,9-13H2,1-2H3/b7-6+. The molecule has 1 amide bonds. The summed E-state index contributed by atoms with van der Waals surface area (Å²) in [6, 6.07) is 7.20. The highest BCUT2D eigenvalue weighted by Gasteiger charge is 2.22. The smallest absolute Gasteiger partial charge is 0.246 e. The molecule has 1 saturated heterocycles. The van der Waals surface area contributed by atoms with Crippen molar-refractivity contribution in [3.8, 4) is 11.5 Å². The van der Waals surface area contributed by atoms with E-state index in [4.69, 9.17) is 32.7 Å². The molecule has 3 rings (SSSR count). The summed E-state index contributed by atoms with van der Waals surface area (Å²) in [6.07, 6.45) is 5.89. The SMILES string of the molecule is CCCOc1c(Cl)cc(/C=C/C(=O)N2CCN(c3ncccc3Cl)CC2)cc1OC. The number of methoxy groups -OCH3 is 1. The predicted molar refractivity (Wildman–Crippen MR) is 121 cm³/mol. The van der Waals surface area contributed by atoms with E-state index in [2.05, 4.69) is 9.88 Å². The van der Waals surface area contributed by atoms with Crippen molar-refractivity contribution in [1.82, 2.24) is 9.88 Å². The van der Waals surface area contributed by atoms with Crippen molar-refractivity contribution >= 4 is 41.0 Å². The molecule has 2 aromatic rings. The summed E-state index contributed by atoms with van der Waals surface area (Å²) in [5.41, 5.74) is 0.771. The molecule has 8 heteroatoms. The molecule has 0 aliphatic carbocycles. The van der Waals surface area contributed by atoms with Crippen molar-refractivity contribution in [1.29, 1.82) is 0 Å². The highest BCUT2D eigenvalue weighted by Crippen LogP contribution is 2.37. The number of carbonyl (C=O) groups is 1. The third kappa shape index (κ3) is 5.37. The van der Waals surface area contributed by atoms with E-state index in [0.717, 1.165) is 17.8 Å². The topological polar surface area (TPSA) is 54.9 Å². The molecule has 0 spiro atoms. The van der Waals surface area contributed by atoms with Gasteiger partial charge in [-0.15, -0.1) is 0 Å². The molecule has 1 aromatic heterocycles. The predicted octanol–water partition coefficient (Wildman–Crippen LogP) is 4.55. The monoisotopic (exact) mass is 449 g/mol. The summed E-state index contributed by atoms with van der Waals surface area (Å²) in [5, 5.41) is 1.07. The van der Waals surface area contributed by atoms with E-state index in [1.165, 1.54) is 0 Å². The van der Waals surface area contributed by atoms with Gasteiger partial charge in [0.25, 0.3) is 0 Å². The Balaban J connectivity index is 1.62. The summed E-state index contributed by atoms with van der Waals surface area (Å²) in [7, 11) is 1.57. The van der Waals surface area contributed by atoms with Crippen LogP contribution in [-0.2, 0) is 4.79 Å². The van der Waals surface area contributed by atoms with Crippen molar-refractivity contribution in [2.45, 2.75) is 13.3 Å². The summed E-state index contributed by atoms with van der Waals surface area (Å²) in [4.78, 5) is 20.9. The lowest BCUT2D eigenvalue weighted by molar-refractivity contribution is -0.126. The minimum absolute atomic E-state index is 0.0526. The van der Waals surface area contributed by atoms with Gasteiger partial charge in [-0.3, -0.25) is 4.79 Å². The number of carbonyl (C=O) groups excluding carboxylic acids is 1. The molecule has 2 heterocycles. The van der Waals surface area contributed by atoms with Crippen LogP contribution in [0.5, 0.6) is 11.5 Å². The van der Waals surface area contributed by atoms with Gasteiger partial charge in [0, 0.05) is 38.5 Å². The molecule has 6 nitrogen and oxygen atoms in total. The molecule has 30 heavy (non-hydrogen) atoms. The van der Waals surface area contributed by atoms with Gasteiger partial charge in [0.05, 0.1) is 23.8 Å². The van der Waals surface area contributed by atoms with Gasteiger partial charge in [-0.25, -0.2) is 4.98 Å². The third-order valence-corrected chi connectivity index (χ3v) is 5.33. The number of benzene rings is 1. The van der Waals surface area contributed by atoms with Crippen molar-refractivity contribution in [3.63, 3.8) is 0 Å². The fraction of sp³-hybridized carbons (Fsp3) is 0.364. The van der Waals surface area contributed by atoms with E-state index in [1.807, 2.05) is 19.1 Å². The first-order valence-corrected chi connectivity index (χ1v) is 10.6. The van der Waals surface area contributed by atoms with Crippen LogP contribution in [0.2, 0.25) is 10.0 Å². The van der Waals surface area contributed by atoms with Gasteiger partial charge < -0.3 is 19.3 Å². The zero-order valence-corrected chi connectivity index (χ0v) is 18.6. The lowest BCUT2D eigenvalue weighted by atomic mass is 10.1. The molecule has 0 unspecified atom stereocenters. The van der Waals surface area contributed by atoms with Crippen LogP contribution in [-0.4, -0.2) is 55.7 Å². The Hall–Kier alpha value is -2.44. The second kappa shape index (κ2) is 10.5. The third-order valence-electron chi connectivity index (χ3n) is 4.75. The quantitative estimate of drug-likeness (QED) is 0.580. The Kier molecular flexibility index (Phi) is 7.82. The Labute approximate surface area is 187 Å². The number of pyridine rings is 1. The number of halogens is 2. The normalized spacial score (nSPS) is 14.3. The first kappa shape index (κ1) is 22.2. The molecule has 0 radical (unpaired) electrons. The van der Waals surface area contributed by atoms with Crippen LogP contribution in [0.15, 0.2) is 36.5 Å². The highest BCUT2D eigenvalue weighted by molar-refractivity contribution is 6.33. The maximum absolute atomic E-state index is 12.6. The maximum atomic E-state index is 12.6. The van der Waals surface area contributed by atoms with Crippen LogP contribution >= 0.6 is 23.2 Å². The average Bonchev–Trinajstić information content (AvgIpc) is 2.77. The Bertz CT molecular complexity index is 912. The van der Waals surface area contributed by atoms with Gasteiger partial charge in [-0.2, -0.15) is 0 Å². The summed E-state index contributed by atoms with van der Waals surface area (Å²) < 4.78 is 11.1. The first-order chi connectivity index (χ1) is 14.5. The lowest BCUT2D eigenvalue weighted by Crippen LogP contribution is -2.48. The minimum Gasteiger partial charge on any atom is -0.493 e. The van der Waals surface area contributed by atoms with Crippen molar-refractivity contribution in [2.24, 2.45) is 0 Å². The van der Waals surface area contributed by atoms with Crippen LogP contribution in [0, 0.1) is 0 Å². The van der Waals surface area contributed by atoms with E-state index in [9.17, 15) is 4.79 Å². The average molecular weight is 450 g/mol. The van der Waals surface area contributed by atoms with Gasteiger partial charge >= 0.3 is 0 Å². The van der Waals surface area contributed by atoms with E-state index >= 15 is 0 Å². The van der Waals surface area contributed by atoms with Crippen molar-refractivity contribution < 1.29 is 14.3 Å². The molecular formula is C22H25Cl2N3O3. The molecule has 1 aliphatic rings. The van der Waals surface area contributed by atoms with Crippen LogP contribution < -0.4 is 14.4 Å². The van der Waals surface area contributed by atoms with Crippen LogP contribution in [0.3, 0.4) is 0 Å². The molecule has 1 aromatic carbocycles. The molecular weight excluding hydrogens is 425 g/mol. The van der Waals surface area contributed by atoms with Crippen LogP contribution in [0.4, 0.5) is 5.82 Å². The molecule has 0 N–H and O–H groups in total. The van der Waals surface area contributed by atoms with Crippen molar-refractivity contribution in [2.75, 3.05) is 44.8 Å². The minimum atomic E-state index is -0.0526. The number of amides is 1. The Morgan fingerprint density at radius 2 is 1.97 bits per heavy atom. The molecule has 160 valence electrons. The molecule has 0 saturated carbocycles. The largest absolute Gasteiger partial charge is 0.493 e. The number of hydrogen-bond acceptors (Lipinski definition) is 5. The Morgan fingerprint density at radius 1 is 1.20 bits per heavy atom. The van der Waals surface area contributed by atoms with E-state index in [0.29, 0.717) is 54.3 Å². The van der Waals surface area contributed by atoms with Gasteiger partial charge in [-0.05, 0) is 42.3 Å².